The summed E-state index contributed by atoms with van der Waals surface area (Å²) in [6.45, 7) is 1.28. The lowest BCUT2D eigenvalue weighted by atomic mass is 10.0. The van der Waals surface area contributed by atoms with Crippen LogP contribution in [-0.4, -0.2) is 36.4 Å². The molecule has 0 radical (unpaired) electrons. The van der Waals surface area contributed by atoms with Gasteiger partial charge < -0.3 is 20.3 Å². The normalized spacial score (nSPS) is 11.8. The predicted molar refractivity (Wildman–Crippen MR) is 123 cm³/mol. The first kappa shape index (κ1) is 22.8. The Morgan fingerprint density at radius 3 is 2.48 bits per heavy atom. The van der Waals surface area contributed by atoms with Gasteiger partial charge in [0.25, 0.3) is 0 Å². The number of aryl methyl sites for hydroxylation is 1. The third-order valence-electron chi connectivity index (χ3n) is 5.11. The fourth-order valence-electron chi connectivity index (χ4n) is 3.40. The molecule has 0 amide bonds. The first-order valence-corrected chi connectivity index (χ1v) is 10.5. The van der Waals surface area contributed by atoms with Gasteiger partial charge in [0.2, 0.25) is 0 Å². The summed E-state index contributed by atoms with van der Waals surface area (Å²) in [6.07, 6.45) is 1.28. The van der Waals surface area contributed by atoms with Crippen LogP contribution in [0.25, 0.3) is 11.1 Å². The van der Waals surface area contributed by atoms with Crippen LogP contribution >= 0.6 is 11.6 Å². The molecular weight excluding hydrogens is 414 g/mol. The summed E-state index contributed by atoms with van der Waals surface area (Å²) in [7, 11) is 1.47. The Bertz CT molecular complexity index is 1020. The van der Waals surface area contributed by atoms with E-state index < -0.39 is 12.1 Å². The van der Waals surface area contributed by atoms with E-state index in [1.165, 1.54) is 12.7 Å². The molecule has 3 N–H and O–H groups in total. The number of hydrogen-bond acceptors (Lipinski definition) is 4. The van der Waals surface area contributed by atoms with Gasteiger partial charge in [0.05, 0.1) is 13.2 Å². The summed E-state index contributed by atoms with van der Waals surface area (Å²) in [5, 5.41) is 23.3. The lowest BCUT2D eigenvalue weighted by molar-refractivity contribution is 0.0693. The Balaban J connectivity index is 1.48. The van der Waals surface area contributed by atoms with Crippen molar-refractivity contribution in [3.05, 3.63) is 88.4 Å². The average Bonchev–Trinajstić information content (AvgIpc) is 2.78. The molecule has 0 aromatic heterocycles. The molecule has 0 heterocycles. The van der Waals surface area contributed by atoms with E-state index in [9.17, 15) is 15.0 Å². The number of ether oxygens (including phenoxy) is 1. The summed E-state index contributed by atoms with van der Waals surface area (Å²) >= 11 is 5.96. The number of aliphatic hydroxyl groups is 1. The lowest BCUT2D eigenvalue weighted by Gasteiger charge is -2.12. The molecule has 5 nitrogen and oxygen atoms in total. The zero-order valence-electron chi connectivity index (χ0n) is 17.3. The highest BCUT2D eigenvalue weighted by atomic mass is 35.5. The molecule has 0 aliphatic rings. The van der Waals surface area contributed by atoms with Crippen molar-refractivity contribution < 1.29 is 19.7 Å². The van der Waals surface area contributed by atoms with Gasteiger partial charge in [0.15, 0.2) is 0 Å². The van der Waals surface area contributed by atoms with Crippen molar-refractivity contribution in [3.63, 3.8) is 0 Å². The van der Waals surface area contributed by atoms with E-state index in [0.717, 1.165) is 36.1 Å². The van der Waals surface area contributed by atoms with Gasteiger partial charge >= 0.3 is 5.97 Å². The van der Waals surface area contributed by atoms with Crippen molar-refractivity contribution in [1.29, 1.82) is 0 Å². The van der Waals surface area contributed by atoms with Crippen molar-refractivity contribution in [2.24, 2.45) is 0 Å². The first-order chi connectivity index (χ1) is 15.0. The Morgan fingerprint density at radius 2 is 1.81 bits per heavy atom. The van der Waals surface area contributed by atoms with Crippen molar-refractivity contribution in [2.75, 3.05) is 20.2 Å². The van der Waals surface area contributed by atoms with Crippen LogP contribution in [0.2, 0.25) is 5.02 Å². The number of aliphatic hydroxyl groups excluding tert-OH is 1. The minimum atomic E-state index is -1.01. The maximum absolute atomic E-state index is 11.2. The van der Waals surface area contributed by atoms with Crippen molar-refractivity contribution >= 4 is 17.6 Å². The summed E-state index contributed by atoms with van der Waals surface area (Å²) in [6, 6.07) is 20.6. The smallest absolute Gasteiger partial charge is 0.339 e. The highest BCUT2D eigenvalue weighted by Crippen LogP contribution is 2.27. The monoisotopic (exact) mass is 439 g/mol. The number of halogens is 1. The molecule has 3 aromatic carbocycles. The molecule has 0 bridgehead atoms. The highest BCUT2D eigenvalue weighted by molar-refractivity contribution is 6.30. The number of benzene rings is 3. The third kappa shape index (κ3) is 6.31. The summed E-state index contributed by atoms with van der Waals surface area (Å²) in [5.41, 5.74) is 4.08. The van der Waals surface area contributed by atoms with Crippen molar-refractivity contribution in [2.45, 2.75) is 18.9 Å². The lowest BCUT2D eigenvalue weighted by Crippen LogP contribution is -2.22. The number of carboxylic acids is 1. The number of hydrogen-bond donors (Lipinski definition) is 3. The van der Waals surface area contributed by atoms with Crippen LogP contribution in [0.5, 0.6) is 5.75 Å². The van der Waals surface area contributed by atoms with E-state index in [2.05, 4.69) is 17.4 Å². The fourth-order valence-corrected chi connectivity index (χ4v) is 3.60. The molecule has 6 heteroatoms. The van der Waals surface area contributed by atoms with E-state index in [0.29, 0.717) is 17.3 Å². The number of rotatable bonds is 10. The second-order valence-electron chi connectivity index (χ2n) is 7.30. The van der Waals surface area contributed by atoms with Crippen LogP contribution in [0.3, 0.4) is 0 Å². The van der Waals surface area contributed by atoms with Gasteiger partial charge in [-0.15, -0.1) is 0 Å². The number of carboxylic acid groups (broad SMARTS) is 1. The molecule has 3 aromatic rings. The number of methoxy groups -OCH3 is 1. The largest absolute Gasteiger partial charge is 0.496 e. The minimum absolute atomic E-state index is 0.149. The molecular formula is C25H26ClNO4. The molecule has 0 saturated carbocycles. The standard InChI is InChI=1S/C25H26ClNO4/c1-31-24-15-19(11-12-22(24)25(29)30)18-9-7-17(8-10-18)4-3-13-27-16-23(28)20-5-2-6-21(26)14-20/h2,5-12,14-15,23,27-28H,3-4,13,16H2,1H3,(H,29,30)/t23-/m0/s1. The van der Waals surface area contributed by atoms with Crippen LogP contribution in [-0.2, 0) is 6.42 Å². The van der Waals surface area contributed by atoms with Gasteiger partial charge in [0, 0.05) is 11.6 Å². The van der Waals surface area contributed by atoms with Gasteiger partial charge in [-0.1, -0.05) is 54.1 Å². The summed E-state index contributed by atoms with van der Waals surface area (Å²) < 4.78 is 5.21. The van der Waals surface area contributed by atoms with E-state index in [-0.39, 0.29) is 5.56 Å². The molecule has 1 atom stereocenters. The van der Waals surface area contributed by atoms with Gasteiger partial charge in [-0.25, -0.2) is 4.79 Å². The fraction of sp³-hybridized carbons (Fsp3) is 0.240. The van der Waals surface area contributed by atoms with Crippen LogP contribution in [0.15, 0.2) is 66.7 Å². The van der Waals surface area contributed by atoms with Crippen molar-refractivity contribution in [3.8, 4) is 16.9 Å². The molecule has 3 rings (SSSR count). The minimum Gasteiger partial charge on any atom is -0.496 e. The maximum Gasteiger partial charge on any atom is 0.339 e. The van der Waals surface area contributed by atoms with E-state index in [1.807, 2.05) is 24.3 Å². The molecule has 31 heavy (non-hydrogen) atoms. The second-order valence-corrected chi connectivity index (χ2v) is 7.73. The van der Waals surface area contributed by atoms with Crippen molar-refractivity contribution in [1.82, 2.24) is 5.32 Å². The van der Waals surface area contributed by atoms with E-state index in [1.54, 1.807) is 30.3 Å². The molecule has 0 unspecified atom stereocenters. The summed E-state index contributed by atoms with van der Waals surface area (Å²) in [5.74, 6) is -0.660. The Kier molecular flexibility index (Phi) is 8.06. The number of nitrogens with one attached hydrogen (secondary N) is 1. The van der Waals surface area contributed by atoms with Crippen LogP contribution in [0, 0.1) is 0 Å². The van der Waals surface area contributed by atoms with Crippen LogP contribution in [0.4, 0.5) is 0 Å². The highest BCUT2D eigenvalue weighted by Gasteiger charge is 2.12. The van der Waals surface area contributed by atoms with Gasteiger partial charge in [-0.3, -0.25) is 0 Å². The molecule has 162 valence electrons. The Labute approximate surface area is 187 Å². The second kappa shape index (κ2) is 11.0. The average molecular weight is 440 g/mol. The van der Waals surface area contributed by atoms with Crippen LogP contribution in [0.1, 0.15) is 34.0 Å². The predicted octanol–water partition coefficient (Wildman–Crippen LogP) is 4.97. The first-order valence-electron chi connectivity index (χ1n) is 10.1. The Hall–Kier alpha value is -2.86. The topological polar surface area (TPSA) is 78.8 Å². The van der Waals surface area contributed by atoms with Gasteiger partial charge in [0.1, 0.15) is 11.3 Å². The van der Waals surface area contributed by atoms with Gasteiger partial charge in [-0.2, -0.15) is 0 Å². The van der Waals surface area contributed by atoms with Crippen LogP contribution < -0.4 is 10.1 Å². The number of aromatic carboxylic acids is 1. The Morgan fingerprint density at radius 1 is 1.06 bits per heavy atom. The molecule has 0 aliphatic carbocycles. The van der Waals surface area contributed by atoms with Gasteiger partial charge in [-0.05, 0) is 65.9 Å². The zero-order chi connectivity index (χ0) is 22.2. The SMILES string of the molecule is COc1cc(-c2ccc(CCCNC[C@H](O)c3cccc(Cl)c3)cc2)ccc1C(=O)O. The third-order valence-corrected chi connectivity index (χ3v) is 5.34. The zero-order valence-corrected chi connectivity index (χ0v) is 18.1. The van der Waals surface area contributed by atoms with E-state index >= 15 is 0 Å². The molecule has 0 spiro atoms. The molecule has 0 fully saturated rings. The molecule has 0 aliphatic heterocycles. The maximum atomic E-state index is 11.2. The summed E-state index contributed by atoms with van der Waals surface area (Å²) in [4.78, 5) is 11.2. The van der Waals surface area contributed by atoms with E-state index in [4.69, 9.17) is 16.3 Å². The quantitative estimate of drug-likeness (QED) is 0.389. The molecule has 0 saturated heterocycles. The number of carbonyl (C=O) groups is 1.